The van der Waals surface area contributed by atoms with Crippen molar-refractivity contribution in [1.29, 1.82) is 0 Å². The van der Waals surface area contributed by atoms with E-state index >= 15 is 0 Å². The molecular formula is C32H31N3O4. The summed E-state index contributed by atoms with van der Waals surface area (Å²) in [7, 11) is 0. The van der Waals surface area contributed by atoms with Gasteiger partial charge in [-0.2, -0.15) is 0 Å². The second kappa shape index (κ2) is 10.2. The van der Waals surface area contributed by atoms with Crippen LogP contribution in [0.1, 0.15) is 45.2 Å². The third kappa shape index (κ3) is 4.74. The van der Waals surface area contributed by atoms with Crippen LogP contribution in [0.15, 0.2) is 83.4 Å². The molecule has 1 saturated heterocycles. The maximum atomic E-state index is 13.4. The standard InChI is InChI=1S/C32H31N3O4/c1-32(24-8-4-2-5-9-24,25-10-6-3-7-11-25)20-33-30(36)28-27-15-13-22-16-21(12-14-26(22)29(27)39-34-28)17-35-18-23(19-35)31(37)38/h2-12,14,16,23H,13,15,17-20H2,1H3,(H,33,36)(H,37,38). The number of carbonyl (C=O) groups excluding carboxylic acids is 1. The Balaban J connectivity index is 1.18. The van der Waals surface area contributed by atoms with Crippen LogP contribution in [0.2, 0.25) is 0 Å². The molecule has 0 spiro atoms. The molecule has 0 atom stereocenters. The number of rotatable bonds is 8. The highest BCUT2D eigenvalue weighted by molar-refractivity contribution is 5.95. The summed E-state index contributed by atoms with van der Waals surface area (Å²) in [5, 5.41) is 16.5. The van der Waals surface area contributed by atoms with E-state index in [2.05, 4.69) is 58.7 Å². The van der Waals surface area contributed by atoms with Crippen molar-refractivity contribution in [2.45, 2.75) is 31.7 Å². The second-order valence-electron chi connectivity index (χ2n) is 10.8. The van der Waals surface area contributed by atoms with Crippen LogP contribution in [0.3, 0.4) is 0 Å². The van der Waals surface area contributed by atoms with Crippen LogP contribution in [0.25, 0.3) is 11.3 Å². The number of benzene rings is 3. The molecule has 2 heterocycles. The van der Waals surface area contributed by atoms with Crippen LogP contribution in [-0.4, -0.2) is 46.7 Å². The first kappa shape index (κ1) is 25.1. The van der Waals surface area contributed by atoms with Gasteiger partial charge in [-0.25, -0.2) is 0 Å². The number of nitrogens with one attached hydrogen (secondary N) is 1. The number of aryl methyl sites for hydroxylation is 1. The van der Waals surface area contributed by atoms with Gasteiger partial charge in [-0.1, -0.05) is 84.0 Å². The van der Waals surface area contributed by atoms with E-state index in [1.165, 1.54) is 5.56 Å². The van der Waals surface area contributed by atoms with Crippen molar-refractivity contribution in [3.63, 3.8) is 0 Å². The van der Waals surface area contributed by atoms with Gasteiger partial charge in [-0.05, 0) is 42.0 Å². The van der Waals surface area contributed by atoms with Gasteiger partial charge in [0.15, 0.2) is 11.5 Å². The molecule has 0 bridgehead atoms. The molecule has 0 unspecified atom stereocenters. The predicted molar refractivity (Wildman–Crippen MR) is 147 cm³/mol. The summed E-state index contributed by atoms with van der Waals surface area (Å²) in [4.78, 5) is 26.6. The Kier molecular flexibility index (Phi) is 6.53. The van der Waals surface area contributed by atoms with Gasteiger partial charge in [0.1, 0.15) is 0 Å². The Hall–Kier alpha value is -4.23. The minimum absolute atomic E-state index is 0.232. The van der Waals surface area contributed by atoms with Crippen LogP contribution in [0.5, 0.6) is 0 Å². The SMILES string of the molecule is CC(CNC(=O)c1noc2c1CCc1cc(CN3CC(C(=O)O)C3)ccc1-2)(c1ccccc1)c1ccccc1. The number of carboxylic acid groups (broad SMARTS) is 1. The minimum Gasteiger partial charge on any atom is -0.481 e. The van der Waals surface area contributed by atoms with Gasteiger partial charge in [0.2, 0.25) is 0 Å². The zero-order valence-corrected chi connectivity index (χ0v) is 21.9. The maximum Gasteiger partial charge on any atom is 0.309 e. The van der Waals surface area contributed by atoms with Crippen LogP contribution in [0.4, 0.5) is 0 Å². The predicted octanol–water partition coefficient (Wildman–Crippen LogP) is 4.69. The lowest BCUT2D eigenvalue weighted by molar-refractivity contribution is -0.147. The van der Waals surface area contributed by atoms with Crippen molar-refractivity contribution in [1.82, 2.24) is 15.4 Å². The van der Waals surface area contributed by atoms with Gasteiger partial charge in [0.05, 0.1) is 5.92 Å². The highest BCUT2D eigenvalue weighted by Gasteiger charge is 2.34. The number of nitrogens with zero attached hydrogens (tertiary/aromatic N) is 2. The van der Waals surface area contributed by atoms with E-state index in [1.54, 1.807) is 0 Å². The number of amides is 1. The van der Waals surface area contributed by atoms with E-state index in [1.807, 2.05) is 42.5 Å². The molecule has 7 heteroatoms. The third-order valence-corrected chi connectivity index (χ3v) is 8.20. The minimum atomic E-state index is -0.723. The fourth-order valence-corrected chi connectivity index (χ4v) is 5.80. The van der Waals surface area contributed by atoms with Gasteiger partial charge >= 0.3 is 5.97 Å². The summed E-state index contributed by atoms with van der Waals surface area (Å²) in [5.41, 5.74) is 6.33. The smallest absolute Gasteiger partial charge is 0.309 e. The van der Waals surface area contributed by atoms with Crippen LogP contribution in [-0.2, 0) is 29.6 Å². The van der Waals surface area contributed by atoms with Crippen molar-refractivity contribution in [2.75, 3.05) is 19.6 Å². The van der Waals surface area contributed by atoms with E-state index < -0.39 is 11.4 Å². The number of aliphatic carboxylic acids is 1. The Labute approximate surface area is 227 Å². The zero-order valence-electron chi connectivity index (χ0n) is 21.9. The van der Waals surface area contributed by atoms with E-state index in [-0.39, 0.29) is 11.8 Å². The monoisotopic (exact) mass is 521 g/mol. The summed E-state index contributed by atoms with van der Waals surface area (Å²) in [5.74, 6) is -0.554. The van der Waals surface area contributed by atoms with Gasteiger partial charge in [-0.3, -0.25) is 14.5 Å². The third-order valence-electron chi connectivity index (χ3n) is 8.20. The molecule has 1 aromatic heterocycles. The molecular weight excluding hydrogens is 490 g/mol. The van der Waals surface area contributed by atoms with Crippen molar-refractivity contribution < 1.29 is 19.2 Å². The number of hydrogen-bond acceptors (Lipinski definition) is 5. The summed E-state index contributed by atoms with van der Waals surface area (Å²) in [6, 6.07) is 26.7. The normalized spacial score (nSPS) is 15.2. The van der Waals surface area contributed by atoms with Crippen LogP contribution >= 0.6 is 0 Å². The van der Waals surface area contributed by atoms with Crippen molar-refractivity contribution in [3.05, 3.63) is 112 Å². The molecule has 3 aromatic carbocycles. The molecule has 6 rings (SSSR count). The molecule has 198 valence electrons. The first-order valence-corrected chi connectivity index (χ1v) is 13.4. The lowest BCUT2D eigenvalue weighted by Gasteiger charge is -2.36. The fourth-order valence-electron chi connectivity index (χ4n) is 5.80. The molecule has 1 aliphatic carbocycles. The van der Waals surface area contributed by atoms with E-state index in [0.717, 1.165) is 40.8 Å². The average molecular weight is 522 g/mol. The van der Waals surface area contributed by atoms with Gasteiger partial charge in [0.25, 0.3) is 5.91 Å². The van der Waals surface area contributed by atoms with Gasteiger partial charge in [0, 0.05) is 42.7 Å². The van der Waals surface area contributed by atoms with Crippen LogP contribution < -0.4 is 5.32 Å². The number of likely N-dealkylation sites (tertiary alicyclic amines) is 1. The molecule has 39 heavy (non-hydrogen) atoms. The Morgan fingerprint density at radius 1 is 1.00 bits per heavy atom. The summed E-state index contributed by atoms with van der Waals surface area (Å²) >= 11 is 0. The summed E-state index contributed by atoms with van der Waals surface area (Å²) < 4.78 is 5.74. The van der Waals surface area contributed by atoms with E-state index in [4.69, 9.17) is 9.63 Å². The molecule has 1 fully saturated rings. The lowest BCUT2D eigenvalue weighted by atomic mass is 9.76. The first-order valence-electron chi connectivity index (χ1n) is 13.4. The maximum absolute atomic E-state index is 13.4. The molecule has 0 radical (unpaired) electrons. The Morgan fingerprint density at radius 3 is 2.31 bits per heavy atom. The molecule has 2 N–H and O–H groups in total. The largest absolute Gasteiger partial charge is 0.481 e. The number of aromatic nitrogens is 1. The molecule has 2 aliphatic rings. The number of carboxylic acids is 1. The van der Waals surface area contributed by atoms with E-state index in [0.29, 0.717) is 37.5 Å². The van der Waals surface area contributed by atoms with Crippen molar-refractivity contribution >= 4 is 11.9 Å². The van der Waals surface area contributed by atoms with Gasteiger partial charge in [-0.15, -0.1) is 0 Å². The van der Waals surface area contributed by atoms with Crippen LogP contribution in [0, 0.1) is 5.92 Å². The first-order chi connectivity index (χ1) is 18.9. The van der Waals surface area contributed by atoms with Crippen molar-refractivity contribution in [3.8, 4) is 11.3 Å². The molecule has 7 nitrogen and oxygen atoms in total. The molecule has 1 amide bonds. The molecule has 0 saturated carbocycles. The number of hydrogen-bond donors (Lipinski definition) is 2. The number of carbonyl (C=O) groups is 2. The highest BCUT2D eigenvalue weighted by Crippen LogP contribution is 2.37. The highest BCUT2D eigenvalue weighted by atomic mass is 16.5. The summed E-state index contributed by atoms with van der Waals surface area (Å²) in [6.45, 7) is 4.47. The van der Waals surface area contributed by atoms with E-state index in [9.17, 15) is 9.59 Å². The Morgan fingerprint density at radius 2 is 1.67 bits per heavy atom. The molecule has 1 aliphatic heterocycles. The number of fused-ring (bicyclic) bond motifs is 3. The Bertz CT molecular complexity index is 1470. The summed E-state index contributed by atoms with van der Waals surface area (Å²) in [6.07, 6.45) is 1.47. The topological polar surface area (TPSA) is 95.7 Å². The zero-order chi connectivity index (χ0) is 27.0. The van der Waals surface area contributed by atoms with Gasteiger partial charge < -0.3 is 14.9 Å². The molecule has 4 aromatic rings. The quantitative estimate of drug-likeness (QED) is 0.349. The second-order valence-corrected chi connectivity index (χ2v) is 10.8. The average Bonchev–Trinajstić information content (AvgIpc) is 3.38. The lowest BCUT2D eigenvalue weighted by Crippen LogP contribution is -2.49. The van der Waals surface area contributed by atoms with Crippen molar-refractivity contribution in [2.24, 2.45) is 5.92 Å². The fraction of sp³-hybridized carbons (Fsp3) is 0.281.